The van der Waals surface area contributed by atoms with Crippen LogP contribution < -0.4 is 10.5 Å². The van der Waals surface area contributed by atoms with Crippen LogP contribution in [-0.2, 0) is 0 Å². The predicted octanol–water partition coefficient (Wildman–Crippen LogP) is 4.37. The summed E-state index contributed by atoms with van der Waals surface area (Å²) in [6.07, 6.45) is 1.73. The number of benzene rings is 2. The number of fused-ring (bicyclic) bond motifs is 1. The first kappa shape index (κ1) is 12.0. The number of nitrogens with two attached hydrogens (primary N) is 1. The quantitative estimate of drug-likeness (QED) is 0.714. The number of nitrogen functional groups attached to an aromatic ring is 1. The molecule has 0 aliphatic heterocycles. The summed E-state index contributed by atoms with van der Waals surface area (Å²) in [6.45, 7) is 0. The molecule has 2 aromatic carbocycles. The normalized spacial score (nSPS) is 10.6. The highest BCUT2D eigenvalue weighted by Crippen LogP contribution is 2.33. The Kier molecular flexibility index (Phi) is 3.09. The van der Waals surface area contributed by atoms with Crippen molar-refractivity contribution in [1.29, 1.82) is 0 Å². The Labute approximate surface area is 119 Å². The van der Waals surface area contributed by atoms with Gasteiger partial charge in [-0.05, 0) is 45.6 Å². The van der Waals surface area contributed by atoms with Crippen LogP contribution in [0.1, 0.15) is 0 Å². The lowest BCUT2D eigenvalue weighted by Gasteiger charge is -2.09. The van der Waals surface area contributed by atoms with Gasteiger partial charge in [0.25, 0.3) is 0 Å². The van der Waals surface area contributed by atoms with Crippen molar-refractivity contribution in [3.05, 3.63) is 59.2 Å². The van der Waals surface area contributed by atoms with E-state index in [2.05, 4.69) is 20.9 Å². The zero-order valence-electron chi connectivity index (χ0n) is 10.0. The fourth-order valence-corrected chi connectivity index (χ4v) is 2.20. The van der Waals surface area contributed by atoms with Gasteiger partial charge in [0.1, 0.15) is 5.75 Å². The molecule has 3 aromatic rings. The van der Waals surface area contributed by atoms with Crippen LogP contribution in [0.4, 0.5) is 5.69 Å². The Morgan fingerprint density at radius 2 is 1.89 bits per heavy atom. The minimum absolute atomic E-state index is 0.574. The van der Waals surface area contributed by atoms with Gasteiger partial charge in [-0.1, -0.05) is 18.2 Å². The van der Waals surface area contributed by atoms with Crippen molar-refractivity contribution in [1.82, 2.24) is 4.98 Å². The van der Waals surface area contributed by atoms with E-state index in [0.29, 0.717) is 17.3 Å². The summed E-state index contributed by atoms with van der Waals surface area (Å²) in [5, 5.41) is 2.06. The van der Waals surface area contributed by atoms with Gasteiger partial charge in [-0.2, -0.15) is 0 Å². The van der Waals surface area contributed by atoms with Crippen molar-refractivity contribution in [2.75, 3.05) is 5.73 Å². The molecule has 0 atom stereocenters. The third-order valence-corrected chi connectivity index (χ3v) is 3.45. The van der Waals surface area contributed by atoms with E-state index in [-0.39, 0.29) is 0 Å². The Hall–Kier alpha value is -2.07. The average molecular weight is 315 g/mol. The molecule has 1 heterocycles. The SMILES string of the molecule is Nc1ccc(Br)c(Oc2nccc3ccccc23)c1. The summed E-state index contributed by atoms with van der Waals surface area (Å²) in [5.74, 6) is 1.23. The van der Waals surface area contributed by atoms with Crippen LogP contribution in [0.25, 0.3) is 10.8 Å². The average Bonchev–Trinajstić information content (AvgIpc) is 2.43. The van der Waals surface area contributed by atoms with Crippen molar-refractivity contribution in [3.63, 3.8) is 0 Å². The molecule has 19 heavy (non-hydrogen) atoms. The van der Waals surface area contributed by atoms with Gasteiger partial charge in [-0.25, -0.2) is 4.98 Å². The first-order chi connectivity index (χ1) is 9.24. The number of hydrogen-bond acceptors (Lipinski definition) is 3. The second kappa shape index (κ2) is 4.90. The van der Waals surface area contributed by atoms with Crippen molar-refractivity contribution < 1.29 is 4.74 Å². The Balaban J connectivity index is 2.08. The molecule has 3 nitrogen and oxygen atoms in total. The summed E-state index contributed by atoms with van der Waals surface area (Å²) in [7, 11) is 0. The van der Waals surface area contributed by atoms with Crippen LogP contribution in [-0.4, -0.2) is 4.98 Å². The molecule has 94 valence electrons. The minimum atomic E-state index is 0.574. The summed E-state index contributed by atoms with van der Waals surface area (Å²) >= 11 is 3.44. The van der Waals surface area contributed by atoms with Gasteiger partial charge in [0.05, 0.1) is 4.47 Å². The van der Waals surface area contributed by atoms with E-state index in [1.54, 1.807) is 12.3 Å². The van der Waals surface area contributed by atoms with E-state index >= 15 is 0 Å². The number of hydrogen-bond donors (Lipinski definition) is 1. The predicted molar refractivity (Wildman–Crippen MR) is 80.4 cm³/mol. The Morgan fingerprint density at radius 3 is 2.79 bits per heavy atom. The summed E-state index contributed by atoms with van der Waals surface area (Å²) in [5.41, 5.74) is 6.42. The number of pyridine rings is 1. The molecule has 2 N–H and O–H groups in total. The maximum absolute atomic E-state index is 5.87. The number of ether oxygens (including phenoxy) is 1. The zero-order chi connectivity index (χ0) is 13.2. The molecular weight excluding hydrogens is 304 g/mol. The van der Waals surface area contributed by atoms with Crippen molar-refractivity contribution in [3.8, 4) is 11.6 Å². The molecule has 0 fully saturated rings. The lowest BCUT2D eigenvalue weighted by atomic mass is 10.2. The van der Waals surface area contributed by atoms with E-state index in [1.165, 1.54) is 0 Å². The molecule has 3 rings (SSSR count). The van der Waals surface area contributed by atoms with Crippen molar-refractivity contribution in [2.45, 2.75) is 0 Å². The van der Waals surface area contributed by atoms with Crippen LogP contribution in [0, 0.1) is 0 Å². The van der Waals surface area contributed by atoms with Gasteiger partial charge in [0, 0.05) is 23.3 Å². The third kappa shape index (κ3) is 2.39. The fourth-order valence-electron chi connectivity index (χ4n) is 1.88. The van der Waals surface area contributed by atoms with Crippen molar-refractivity contribution in [2.24, 2.45) is 0 Å². The molecule has 0 amide bonds. The van der Waals surface area contributed by atoms with Gasteiger partial charge in [-0.15, -0.1) is 0 Å². The summed E-state index contributed by atoms with van der Waals surface area (Å²) in [4.78, 5) is 4.29. The molecule has 0 aliphatic rings. The van der Waals surface area contributed by atoms with E-state index in [4.69, 9.17) is 10.5 Å². The van der Waals surface area contributed by atoms with Crippen LogP contribution >= 0.6 is 15.9 Å². The van der Waals surface area contributed by atoms with Gasteiger partial charge >= 0.3 is 0 Å². The second-order valence-electron chi connectivity index (χ2n) is 4.13. The van der Waals surface area contributed by atoms with E-state index in [0.717, 1.165) is 15.2 Å². The van der Waals surface area contributed by atoms with Crippen LogP contribution in [0.2, 0.25) is 0 Å². The molecule has 0 bridgehead atoms. The Bertz CT molecular complexity index is 738. The molecular formula is C15H11BrN2O. The van der Waals surface area contributed by atoms with Crippen LogP contribution in [0.5, 0.6) is 11.6 Å². The fraction of sp³-hybridized carbons (Fsp3) is 0. The number of rotatable bonds is 2. The first-order valence-electron chi connectivity index (χ1n) is 5.81. The van der Waals surface area contributed by atoms with E-state index < -0.39 is 0 Å². The molecule has 0 unspecified atom stereocenters. The van der Waals surface area contributed by atoms with E-state index in [1.807, 2.05) is 42.5 Å². The molecule has 0 saturated heterocycles. The number of nitrogens with zero attached hydrogens (tertiary/aromatic N) is 1. The van der Waals surface area contributed by atoms with Crippen LogP contribution in [0.15, 0.2) is 59.2 Å². The monoisotopic (exact) mass is 314 g/mol. The smallest absolute Gasteiger partial charge is 0.227 e. The van der Waals surface area contributed by atoms with Crippen molar-refractivity contribution >= 4 is 32.4 Å². The summed E-state index contributed by atoms with van der Waals surface area (Å²) < 4.78 is 6.71. The largest absolute Gasteiger partial charge is 0.437 e. The lowest BCUT2D eigenvalue weighted by molar-refractivity contribution is 0.466. The maximum Gasteiger partial charge on any atom is 0.227 e. The second-order valence-corrected chi connectivity index (χ2v) is 4.98. The summed E-state index contributed by atoms with van der Waals surface area (Å²) in [6, 6.07) is 15.4. The highest BCUT2D eigenvalue weighted by molar-refractivity contribution is 9.10. The Morgan fingerprint density at radius 1 is 1.05 bits per heavy atom. The van der Waals surface area contributed by atoms with Crippen LogP contribution in [0.3, 0.4) is 0 Å². The van der Waals surface area contributed by atoms with Gasteiger partial charge in [0.2, 0.25) is 5.88 Å². The molecule has 0 radical (unpaired) electrons. The third-order valence-electron chi connectivity index (χ3n) is 2.80. The number of anilines is 1. The highest BCUT2D eigenvalue weighted by Gasteiger charge is 2.07. The first-order valence-corrected chi connectivity index (χ1v) is 6.60. The minimum Gasteiger partial charge on any atom is -0.437 e. The molecule has 4 heteroatoms. The van der Waals surface area contributed by atoms with Gasteiger partial charge < -0.3 is 10.5 Å². The van der Waals surface area contributed by atoms with Gasteiger partial charge in [-0.3, -0.25) is 0 Å². The molecule has 0 aliphatic carbocycles. The number of halogens is 1. The maximum atomic E-state index is 5.87. The number of aromatic nitrogens is 1. The lowest BCUT2D eigenvalue weighted by Crippen LogP contribution is -1.92. The van der Waals surface area contributed by atoms with E-state index in [9.17, 15) is 0 Å². The topological polar surface area (TPSA) is 48.1 Å². The molecule has 0 spiro atoms. The standard InChI is InChI=1S/C15H11BrN2O/c16-13-6-5-11(17)9-14(13)19-15-12-4-2-1-3-10(12)7-8-18-15/h1-9H,17H2. The zero-order valence-corrected chi connectivity index (χ0v) is 11.6. The highest BCUT2D eigenvalue weighted by atomic mass is 79.9. The molecule has 0 saturated carbocycles. The molecule has 1 aromatic heterocycles. The van der Waals surface area contributed by atoms with Gasteiger partial charge in [0.15, 0.2) is 0 Å².